The van der Waals surface area contributed by atoms with Crippen LogP contribution in [0.1, 0.15) is 30.1 Å². The van der Waals surface area contributed by atoms with Crippen molar-refractivity contribution < 1.29 is 4.74 Å². The summed E-state index contributed by atoms with van der Waals surface area (Å²) in [6.45, 7) is 2.73. The van der Waals surface area contributed by atoms with Crippen molar-refractivity contribution in [2.45, 2.75) is 25.8 Å². The number of hydrazine groups is 1. The van der Waals surface area contributed by atoms with Gasteiger partial charge in [0.05, 0.1) is 0 Å². The smallest absolute Gasteiger partial charge is 0.0476 e. The van der Waals surface area contributed by atoms with Crippen molar-refractivity contribution in [1.82, 2.24) is 10.4 Å². The lowest BCUT2D eigenvalue weighted by molar-refractivity contribution is 0.189. The molecule has 0 spiro atoms. The van der Waals surface area contributed by atoms with Crippen LogP contribution in [0.2, 0.25) is 0 Å². The van der Waals surface area contributed by atoms with Crippen molar-refractivity contribution >= 4 is 0 Å². The fraction of sp³-hybridized carbons (Fsp3) is 0.545. The molecule has 0 aliphatic rings. The van der Waals surface area contributed by atoms with Crippen LogP contribution in [0.4, 0.5) is 0 Å². The van der Waals surface area contributed by atoms with Crippen LogP contribution in [-0.2, 0) is 4.74 Å². The number of pyridine rings is 1. The minimum absolute atomic E-state index is 0.160. The summed E-state index contributed by atoms with van der Waals surface area (Å²) in [6, 6.07) is 4.21. The zero-order valence-corrected chi connectivity index (χ0v) is 9.36. The SMILES string of the molecule is COCCCC(NN)c1ccc(C)nc1. The molecule has 4 nitrogen and oxygen atoms in total. The minimum Gasteiger partial charge on any atom is -0.385 e. The molecule has 4 heteroatoms. The molecule has 0 aromatic carbocycles. The number of methoxy groups -OCH3 is 1. The Bertz CT molecular complexity index is 274. The Kier molecular flexibility index (Phi) is 5.25. The molecule has 0 aliphatic carbocycles. The molecule has 3 N–H and O–H groups in total. The van der Waals surface area contributed by atoms with E-state index >= 15 is 0 Å². The zero-order chi connectivity index (χ0) is 11.1. The van der Waals surface area contributed by atoms with E-state index in [1.54, 1.807) is 7.11 Å². The first kappa shape index (κ1) is 12.1. The van der Waals surface area contributed by atoms with Gasteiger partial charge < -0.3 is 4.74 Å². The molecular weight excluding hydrogens is 190 g/mol. The van der Waals surface area contributed by atoms with Crippen LogP contribution in [0, 0.1) is 6.92 Å². The highest BCUT2D eigenvalue weighted by Crippen LogP contribution is 2.16. The highest BCUT2D eigenvalue weighted by Gasteiger charge is 2.08. The number of nitrogens with one attached hydrogen (secondary N) is 1. The van der Waals surface area contributed by atoms with Crippen molar-refractivity contribution in [3.8, 4) is 0 Å². The van der Waals surface area contributed by atoms with Crippen LogP contribution in [0.3, 0.4) is 0 Å². The van der Waals surface area contributed by atoms with Crippen LogP contribution >= 0.6 is 0 Å². The highest BCUT2D eigenvalue weighted by atomic mass is 16.5. The van der Waals surface area contributed by atoms with E-state index in [0.717, 1.165) is 30.7 Å². The molecule has 1 rings (SSSR count). The lowest BCUT2D eigenvalue weighted by Gasteiger charge is -2.15. The molecule has 84 valence electrons. The van der Waals surface area contributed by atoms with Crippen LogP contribution in [0.15, 0.2) is 18.3 Å². The average molecular weight is 209 g/mol. The maximum atomic E-state index is 5.51. The Labute approximate surface area is 90.8 Å². The summed E-state index contributed by atoms with van der Waals surface area (Å²) in [5.74, 6) is 5.51. The highest BCUT2D eigenvalue weighted by molar-refractivity contribution is 5.16. The topological polar surface area (TPSA) is 60.2 Å². The second kappa shape index (κ2) is 6.50. The summed E-state index contributed by atoms with van der Waals surface area (Å²) in [5, 5.41) is 0. The molecule has 15 heavy (non-hydrogen) atoms. The van der Waals surface area contributed by atoms with E-state index in [1.807, 2.05) is 19.2 Å². The standard InChI is InChI=1S/C11H19N3O/c1-9-5-6-10(8-13-9)11(14-12)4-3-7-15-2/h5-6,8,11,14H,3-4,7,12H2,1-2H3. The number of hydrogen-bond donors (Lipinski definition) is 2. The Balaban J connectivity index is 2.53. The number of nitrogens with two attached hydrogens (primary N) is 1. The molecule has 0 radical (unpaired) electrons. The molecule has 0 aliphatic heterocycles. The average Bonchev–Trinajstić information content (AvgIpc) is 2.26. The monoisotopic (exact) mass is 209 g/mol. The van der Waals surface area contributed by atoms with Gasteiger partial charge in [-0.05, 0) is 31.4 Å². The van der Waals surface area contributed by atoms with Gasteiger partial charge in [0.25, 0.3) is 0 Å². The number of aryl methyl sites for hydroxylation is 1. The van der Waals surface area contributed by atoms with Crippen LogP contribution < -0.4 is 11.3 Å². The second-order valence-corrected chi connectivity index (χ2v) is 3.59. The fourth-order valence-corrected chi connectivity index (χ4v) is 1.46. The molecular formula is C11H19N3O. The Morgan fingerprint density at radius 1 is 1.53 bits per heavy atom. The quantitative estimate of drug-likeness (QED) is 0.421. The number of aromatic nitrogens is 1. The largest absolute Gasteiger partial charge is 0.385 e. The van der Waals surface area contributed by atoms with E-state index < -0.39 is 0 Å². The fourth-order valence-electron chi connectivity index (χ4n) is 1.46. The van der Waals surface area contributed by atoms with Crippen LogP contribution in [-0.4, -0.2) is 18.7 Å². The summed E-state index contributed by atoms with van der Waals surface area (Å²) in [6.07, 6.45) is 3.81. The molecule has 1 atom stereocenters. The lowest BCUT2D eigenvalue weighted by atomic mass is 10.0. The Morgan fingerprint density at radius 3 is 2.87 bits per heavy atom. The third kappa shape index (κ3) is 3.95. The Morgan fingerprint density at radius 2 is 2.33 bits per heavy atom. The van der Waals surface area contributed by atoms with E-state index in [0.29, 0.717) is 0 Å². The van der Waals surface area contributed by atoms with Gasteiger partial charge in [0, 0.05) is 31.6 Å². The van der Waals surface area contributed by atoms with E-state index in [4.69, 9.17) is 10.6 Å². The summed E-state index contributed by atoms with van der Waals surface area (Å²) < 4.78 is 5.01. The minimum atomic E-state index is 0.160. The third-order valence-corrected chi connectivity index (χ3v) is 2.38. The molecule has 0 saturated heterocycles. The second-order valence-electron chi connectivity index (χ2n) is 3.59. The van der Waals surface area contributed by atoms with Crippen molar-refractivity contribution in [3.63, 3.8) is 0 Å². The van der Waals surface area contributed by atoms with Crippen molar-refractivity contribution in [2.24, 2.45) is 5.84 Å². The molecule has 0 fully saturated rings. The lowest BCUT2D eigenvalue weighted by Crippen LogP contribution is -2.28. The van der Waals surface area contributed by atoms with Gasteiger partial charge in [-0.2, -0.15) is 0 Å². The third-order valence-electron chi connectivity index (χ3n) is 2.38. The zero-order valence-electron chi connectivity index (χ0n) is 9.36. The molecule has 0 amide bonds. The van der Waals surface area contributed by atoms with Gasteiger partial charge in [0.15, 0.2) is 0 Å². The van der Waals surface area contributed by atoms with Gasteiger partial charge in [0.1, 0.15) is 0 Å². The van der Waals surface area contributed by atoms with E-state index in [9.17, 15) is 0 Å². The van der Waals surface area contributed by atoms with E-state index in [1.165, 1.54) is 0 Å². The molecule has 0 saturated carbocycles. The van der Waals surface area contributed by atoms with Gasteiger partial charge >= 0.3 is 0 Å². The molecule has 0 bridgehead atoms. The molecule has 1 unspecified atom stereocenters. The van der Waals surface area contributed by atoms with Crippen LogP contribution in [0.5, 0.6) is 0 Å². The van der Waals surface area contributed by atoms with Gasteiger partial charge in [-0.3, -0.25) is 16.3 Å². The first-order valence-corrected chi connectivity index (χ1v) is 5.15. The summed E-state index contributed by atoms with van der Waals surface area (Å²) in [4.78, 5) is 4.25. The normalized spacial score (nSPS) is 12.7. The van der Waals surface area contributed by atoms with Gasteiger partial charge in [-0.15, -0.1) is 0 Å². The summed E-state index contributed by atoms with van der Waals surface area (Å²) in [5.41, 5.74) is 4.95. The first-order chi connectivity index (χ1) is 7.27. The summed E-state index contributed by atoms with van der Waals surface area (Å²) in [7, 11) is 1.71. The predicted octanol–water partition coefficient (Wildman–Crippen LogP) is 1.32. The number of nitrogens with zero attached hydrogens (tertiary/aromatic N) is 1. The molecule has 1 aromatic heterocycles. The van der Waals surface area contributed by atoms with Crippen molar-refractivity contribution in [1.29, 1.82) is 0 Å². The van der Waals surface area contributed by atoms with Crippen molar-refractivity contribution in [3.05, 3.63) is 29.6 Å². The number of rotatable bonds is 6. The van der Waals surface area contributed by atoms with Gasteiger partial charge in [-0.1, -0.05) is 6.07 Å². The number of ether oxygens (including phenoxy) is 1. The Hall–Kier alpha value is -0.970. The maximum absolute atomic E-state index is 5.51. The number of hydrogen-bond acceptors (Lipinski definition) is 4. The maximum Gasteiger partial charge on any atom is 0.0476 e. The first-order valence-electron chi connectivity index (χ1n) is 5.15. The summed E-state index contributed by atoms with van der Waals surface area (Å²) >= 11 is 0. The van der Waals surface area contributed by atoms with E-state index in [-0.39, 0.29) is 6.04 Å². The molecule has 1 aromatic rings. The van der Waals surface area contributed by atoms with Gasteiger partial charge in [0.2, 0.25) is 0 Å². The van der Waals surface area contributed by atoms with Crippen LogP contribution in [0.25, 0.3) is 0 Å². The predicted molar refractivity (Wildman–Crippen MR) is 60.1 cm³/mol. The van der Waals surface area contributed by atoms with E-state index in [2.05, 4.69) is 16.5 Å². The van der Waals surface area contributed by atoms with Crippen molar-refractivity contribution in [2.75, 3.05) is 13.7 Å². The van der Waals surface area contributed by atoms with Gasteiger partial charge in [-0.25, -0.2) is 0 Å². The molecule has 1 heterocycles.